The van der Waals surface area contributed by atoms with Gasteiger partial charge >= 0.3 is 0 Å². The number of para-hydroxylation sites is 1. The maximum atomic E-state index is 6.17. The summed E-state index contributed by atoms with van der Waals surface area (Å²) in [6.45, 7) is 0.745. The molecule has 2 aromatic carbocycles. The van der Waals surface area contributed by atoms with Crippen LogP contribution in [0.15, 0.2) is 36.4 Å². The van der Waals surface area contributed by atoms with Crippen LogP contribution in [0.1, 0.15) is 22.7 Å². The van der Waals surface area contributed by atoms with Crippen LogP contribution >= 0.6 is 11.6 Å². The Hall–Kier alpha value is -1.71. The van der Waals surface area contributed by atoms with Crippen LogP contribution in [-0.4, -0.2) is 20.8 Å². The highest BCUT2D eigenvalue weighted by molar-refractivity contribution is 6.30. The first-order valence-electron chi connectivity index (χ1n) is 7.00. The van der Waals surface area contributed by atoms with E-state index in [0.29, 0.717) is 5.02 Å². The lowest BCUT2D eigenvalue weighted by molar-refractivity contribution is 0.350. The van der Waals surface area contributed by atoms with Gasteiger partial charge in [-0.25, -0.2) is 0 Å². The number of fused-ring (bicyclic) bond motifs is 1. The van der Waals surface area contributed by atoms with Crippen LogP contribution in [0, 0.1) is 0 Å². The van der Waals surface area contributed by atoms with E-state index in [1.54, 1.807) is 7.11 Å². The molecule has 1 N–H and O–H groups in total. The highest BCUT2D eigenvalue weighted by atomic mass is 35.5. The molecule has 1 aliphatic rings. The van der Waals surface area contributed by atoms with Crippen molar-refractivity contribution in [3.63, 3.8) is 0 Å². The quantitative estimate of drug-likeness (QED) is 0.936. The van der Waals surface area contributed by atoms with Gasteiger partial charge in [-0.3, -0.25) is 0 Å². The Kier molecular flexibility index (Phi) is 4.04. The van der Waals surface area contributed by atoms with E-state index < -0.39 is 0 Å². The van der Waals surface area contributed by atoms with Gasteiger partial charge in [0.15, 0.2) is 0 Å². The summed E-state index contributed by atoms with van der Waals surface area (Å²) in [7, 11) is 3.60. The van der Waals surface area contributed by atoms with Crippen LogP contribution in [0.25, 0.3) is 0 Å². The molecule has 0 bridgehead atoms. The van der Waals surface area contributed by atoms with E-state index in [1.165, 1.54) is 5.56 Å². The van der Waals surface area contributed by atoms with Gasteiger partial charge in [0.2, 0.25) is 0 Å². The normalized spacial score (nSPS) is 14.4. The molecule has 1 aliphatic heterocycles. The lowest BCUT2D eigenvalue weighted by Crippen LogP contribution is -2.19. The molecule has 1 unspecified atom stereocenters. The fraction of sp³-hybridized carbons (Fsp3) is 0.294. The number of hydrogen-bond acceptors (Lipinski definition) is 3. The van der Waals surface area contributed by atoms with Gasteiger partial charge in [-0.1, -0.05) is 29.8 Å². The second-order valence-electron chi connectivity index (χ2n) is 5.04. The lowest BCUT2D eigenvalue weighted by atomic mass is 9.95. The predicted octanol–water partition coefficient (Wildman–Crippen LogP) is 3.59. The summed E-state index contributed by atoms with van der Waals surface area (Å²) in [6.07, 6.45) is 0.965. The molecule has 110 valence electrons. The number of hydrogen-bond donors (Lipinski definition) is 1. The average molecular weight is 304 g/mol. The summed E-state index contributed by atoms with van der Waals surface area (Å²) in [5.74, 6) is 1.80. The van der Waals surface area contributed by atoms with E-state index in [4.69, 9.17) is 21.1 Å². The molecule has 0 aromatic heterocycles. The van der Waals surface area contributed by atoms with Gasteiger partial charge < -0.3 is 14.8 Å². The van der Waals surface area contributed by atoms with E-state index in [1.807, 2.05) is 25.2 Å². The van der Waals surface area contributed by atoms with Crippen molar-refractivity contribution in [1.82, 2.24) is 5.32 Å². The van der Waals surface area contributed by atoms with Crippen molar-refractivity contribution in [1.29, 1.82) is 0 Å². The summed E-state index contributed by atoms with van der Waals surface area (Å²) in [4.78, 5) is 0. The van der Waals surface area contributed by atoms with Crippen LogP contribution in [0.3, 0.4) is 0 Å². The zero-order chi connectivity index (χ0) is 14.8. The number of ether oxygens (including phenoxy) is 2. The fourth-order valence-electron chi connectivity index (χ4n) is 2.88. The topological polar surface area (TPSA) is 30.5 Å². The van der Waals surface area contributed by atoms with Crippen molar-refractivity contribution in [3.8, 4) is 11.5 Å². The molecule has 21 heavy (non-hydrogen) atoms. The molecule has 3 rings (SSSR count). The lowest BCUT2D eigenvalue weighted by Gasteiger charge is -2.22. The van der Waals surface area contributed by atoms with Crippen molar-refractivity contribution in [2.24, 2.45) is 0 Å². The third kappa shape index (κ3) is 2.59. The molecule has 0 fully saturated rings. The molecule has 0 radical (unpaired) electrons. The van der Waals surface area contributed by atoms with Gasteiger partial charge in [0, 0.05) is 22.6 Å². The first kappa shape index (κ1) is 14.2. The van der Waals surface area contributed by atoms with Crippen molar-refractivity contribution < 1.29 is 9.47 Å². The molecule has 0 spiro atoms. The highest BCUT2D eigenvalue weighted by Gasteiger charge is 2.24. The molecular formula is C17H18ClNO2. The molecule has 1 atom stereocenters. The fourth-order valence-corrected chi connectivity index (χ4v) is 3.06. The standard InChI is InChI=1S/C17H18ClNO2/c1-19-16(14-10-12(18)6-7-15(14)20-2)13-5-3-4-11-8-9-21-17(11)13/h3-7,10,16,19H,8-9H2,1-2H3. The van der Waals surface area contributed by atoms with Gasteiger partial charge in [-0.2, -0.15) is 0 Å². The zero-order valence-electron chi connectivity index (χ0n) is 12.2. The highest BCUT2D eigenvalue weighted by Crippen LogP contribution is 2.39. The maximum Gasteiger partial charge on any atom is 0.127 e. The van der Waals surface area contributed by atoms with Crippen LogP contribution < -0.4 is 14.8 Å². The average Bonchev–Trinajstić information content (AvgIpc) is 2.97. The van der Waals surface area contributed by atoms with Crippen LogP contribution in [0.2, 0.25) is 5.02 Å². The SMILES string of the molecule is CNC(c1cc(Cl)ccc1OC)c1cccc2c1OCC2. The van der Waals surface area contributed by atoms with Crippen molar-refractivity contribution in [3.05, 3.63) is 58.1 Å². The Morgan fingerprint density at radius 2 is 2.10 bits per heavy atom. The molecular weight excluding hydrogens is 286 g/mol. The predicted molar refractivity (Wildman–Crippen MR) is 84.5 cm³/mol. The number of halogens is 1. The van der Waals surface area contributed by atoms with Crippen LogP contribution in [0.5, 0.6) is 11.5 Å². The van der Waals surface area contributed by atoms with E-state index in [-0.39, 0.29) is 6.04 Å². The molecule has 4 heteroatoms. The second-order valence-corrected chi connectivity index (χ2v) is 5.48. The van der Waals surface area contributed by atoms with Gasteiger partial charge in [0.1, 0.15) is 11.5 Å². The Morgan fingerprint density at radius 1 is 1.24 bits per heavy atom. The number of methoxy groups -OCH3 is 1. The molecule has 2 aromatic rings. The first-order valence-corrected chi connectivity index (χ1v) is 7.37. The van der Waals surface area contributed by atoms with Gasteiger partial charge in [-0.15, -0.1) is 0 Å². The summed E-state index contributed by atoms with van der Waals surface area (Å²) in [5.41, 5.74) is 3.39. The summed E-state index contributed by atoms with van der Waals surface area (Å²) >= 11 is 6.17. The molecule has 0 aliphatic carbocycles. The Balaban J connectivity index is 2.11. The number of nitrogens with one attached hydrogen (secondary N) is 1. The molecule has 3 nitrogen and oxygen atoms in total. The zero-order valence-corrected chi connectivity index (χ0v) is 12.9. The summed E-state index contributed by atoms with van der Waals surface area (Å²) in [6, 6.07) is 11.9. The minimum Gasteiger partial charge on any atom is -0.496 e. The van der Waals surface area contributed by atoms with Crippen molar-refractivity contribution >= 4 is 11.6 Å². The van der Waals surface area contributed by atoms with Crippen LogP contribution in [-0.2, 0) is 6.42 Å². The Morgan fingerprint density at radius 3 is 2.86 bits per heavy atom. The smallest absolute Gasteiger partial charge is 0.127 e. The van der Waals surface area contributed by atoms with E-state index >= 15 is 0 Å². The monoisotopic (exact) mass is 303 g/mol. The van der Waals surface area contributed by atoms with Gasteiger partial charge in [0.25, 0.3) is 0 Å². The number of rotatable bonds is 4. The van der Waals surface area contributed by atoms with E-state index in [0.717, 1.165) is 35.7 Å². The van der Waals surface area contributed by atoms with Gasteiger partial charge in [0.05, 0.1) is 19.8 Å². The largest absolute Gasteiger partial charge is 0.496 e. The van der Waals surface area contributed by atoms with Gasteiger partial charge in [-0.05, 0) is 30.8 Å². The summed E-state index contributed by atoms with van der Waals surface area (Å²) < 4.78 is 11.3. The molecule has 0 saturated heterocycles. The first-order chi connectivity index (χ1) is 10.2. The Labute approximate surface area is 129 Å². The molecule has 0 saturated carbocycles. The minimum absolute atomic E-state index is 0.0216. The third-order valence-electron chi connectivity index (χ3n) is 3.85. The van der Waals surface area contributed by atoms with E-state index in [9.17, 15) is 0 Å². The van der Waals surface area contributed by atoms with E-state index in [2.05, 4.69) is 23.5 Å². The maximum absolute atomic E-state index is 6.17. The molecule has 1 heterocycles. The third-order valence-corrected chi connectivity index (χ3v) is 4.08. The van der Waals surface area contributed by atoms with Crippen molar-refractivity contribution in [2.45, 2.75) is 12.5 Å². The Bertz CT molecular complexity index is 655. The van der Waals surface area contributed by atoms with Crippen molar-refractivity contribution in [2.75, 3.05) is 20.8 Å². The number of benzene rings is 2. The summed E-state index contributed by atoms with van der Waals surface area (Å²) in [5, 5.41) is 4.04. The van der Waals surface area contributed by atoms with Crippen LogP contribution in [0.4, 0.5) is 0 Å². The molecule has 0 amide bonds. The second kappa shape index (κ2) is 5.96. The minimum atomic E-state index is -0.0216.